The molecule has 1 aliphatic carbocycles. The maximum Gasteiger partial charge on any atom is 0.371 e. The first-order valence-electron chi connectivity index (χ1n) is 7.33. The second-order valence-electron chi connectivity index (χ2n) is 5.70. The average Bonchev–Trinajstić information content (AvgIpc) is 2.52. The van der Waals surface area contributed by atoms with Gasteiger partial charge in [0.15, 0.2) is 5.43 Å². The second-order valence-corrected chi connectivity index (χ2v) is 5.70. The highest BCUT2D eigenvalue weighted by Gasteiger charge is 2.26. The fourth-order valence-electron chi connectivity index (χ4n) is 3.19. The lowest BCUT2D eigenvalue weighted by molar-refractivity contribution is 0.0660. The van der Waals surface area contributed by atoms with Crippen molar-refractivity contribution >= 4 is 5.97 Å². The van der Waals surface area contributed by atoms with Crippen molar-refractivity contribution in [2.24, 2.45) is 0 Å². The Morgan fingerprint density at radius 2 is 1.82 bits per heavy atom. The van der Waals surface area contributed by atoms with E-state index in [1.165, 1.54) is 17.5 Å². The molecular weight excluding hydrogens is 284 g/mol. The van der Waals surface area contributed by atoms with Crippen LogP contribution in [-0.4, -0.2) is 11.1 Å². The molecule has 0 atom stereocenters. The summed E-state index contributed by atoms with van der Waals surface area (Å²) in [6.45, 7) is 0.114. The summed E-state index contributed by atoms with van der Waals surface area (Å²) < 4.78 is 11.2. The van der Waals surface area contributed by atoms with Gasteiger partial charge in [0.25, 0.3) is 0 Å². The van der Waals surface area contributed by atoms with Gasteiger partial charge in [-0.15, -0.1) is 0 Å². The van der Waals surface area contributed by atoms with E-state index in [9.17, 15) is 9.59 Å². The smallest absolute Gasteiger partial charge is 0.371 e. The van der Waals surface area contributed by atoms with Crippen molar-refractivity contribution in [3.63, 3.8) is 0 Å². The molecule has 1 aromatic heterocycles. The number of benzene rings is 1. The summed E-state index contributed by atoms with van der Waals surface area (Å²) in [5.41, 5.74) is 3.20. The normalized spacial score (nSPS) is 15.3. The van der Waals surface area contributed by atoms with Crippen molar-refractivity contribution < 1.29 is 19.1 Å². The molecule has 0 bridgehead atoms. The molecule has 1 aromatic carbocycles. The van der Waals surface area contributed by atoms with Gasteiger partial charge in [0, 0.05) is 6.07 Å². The van der Waals surface area contributed by atoms with E-state index in [1.54, 1.807) is 0 Å². The molecule has 22 heavy (non-hydrogen) atoms. The number of rotatable bonds is 1. The first kappa shape index (κ1) is 13.1. The molecule has 0 radical (unpaired) electrons. The minimum absolute atomic E-state index is 0.114. The number of hydrogen-bond acceptors (Lipinski definition) is 4. The molecule has 2 aromatic rings. The van der Waals surface area contributed by atoms with E-state index in [-0.39, 0.29) is 17.8 Å². The maximum atomic E-state index is 12.1. The van der Waals surface area contributed by atoms with Gasteiger partial charge in [0.1, 0.15) is 18.1 Å². The van der Waals surface area contributed by atoms with Crippen molar-refractivity contribution in [2.45, 2.75) is 32.3 Å². The lowest BCUT2D eigenvalue weighted by Gasteiger charge is -2.23. The maximum absolute atomic E-state index is 12.1. The quantitative estimate of drug-likeness (QED) is 0.876. The number of aromatic carboxylic acids is 1. The number of ether oxygens (including phenoxy) is 1. The first-order chi connectivity index (χ1) is 10.6. The minimum atomic E-state index is -1.24. The fraction of sp³-hybridized carbons (Fsp3) is 0.294. The zero-order valence-electron chi connectivity index (χ0n) is 11.8. The summed E-state index contributed by atoms with van der Waals surface area (Å²) in [6, 6.07) is 4.99. The zero-order chi connectivity index (χ0) is 15.3. The zero-order valence-corrected chi connectivity index (χ0v) is 11.8. The lowest BCUT2D eigenvalue weighted by Crippen LogP contribution is -2.19. The van der Waals surface area contributed by atoms with Gasteiger partial charge >= 0.3 is 5.97 Å². The topological polar surface area (TPSA) is 76.7 Å². The van der Waals surface area contributed by atoms with E-state index in [2.05, 4.69) is 0 Å². The van der Waals surface area contributed by atoms with E-state index >= 15 is 0 Å². The Bertz CT molecular complexity index is 847. The molecule has 5 heteroatoms. The van der Waals surface area contributed by atoms with Crippen LogP contribution in [0.4, 0.5) is 0 Å². The Labute approximate surface area is 126 Å². The Morgan fingerprint density at radius 1 is 1.09 bits per heavy atom. The van der Waals surface area contributed by atoms with E-state index in [4.69, 9.17) is 14.3 Å². The molecule has 0 amide bonds. The Balaban J connectivity index is 1.96. The van der Waals surface area contributed by atoms with Gasteiger partial charge in [-0.2, -0.15) is 0 Å². The molecule has 2 aliphatic rings. The van der Waals surface area contributed by atoms with Crippen LogP contribution in [0, 0.1) is 0 Å². The van der Waals surface area contributed by atoms with E-state index in [1.807, 2.05) is 12.1 Å². The van der Waals surface area contributed by atoms with Crippen LogP contribution in [-0.2, 0) is 19.4 Å². The monoisotopic (exact) mass is 298 g/mol. The molecule has 0 fully saturated rings. The summed E-state index contributed by atoms with van der Waals surface area (Å²) in [5.74, 6) is -0.585. The summed E-state index contributed by atoms with van der Waals surface area (Å²) in [4.78, 5) is 23.2. The van der Waals surface area contributed by atoms with E-state index < -0.39 is 5.97 Å². The number of carbonyl (C=O) groups is 1. The van der Waals surface area contributed by atoms with Gasteiger partial charge in [-0.05, 0) is 48.9 Å². The highest BCUT2D eigenvalue weighted by molar-refractivity contribution is 5.85. The molecule has 4 rings (SSSR count). The van der Waals surface area contributed by atoms with Crippen LogP contribution >= 0.6 is 0 Å². The van der Waals surface area contributed by atoms with Gasteiger partial charge in [0.05, 0.1) is 11.1 Å². The molecule has 5 nitrogen and oxygen atoms in total. The Morgan fingerprint density at radius 3 is 2.55 bits per heavy atom. The van der Waals surface area contributed by atoms with Crippen molar-refractivity contribution in [1.82, 2.24) is 0 Å². The van der Waals surface area contributed by atoms with Crippen molar-refractivity contribution in [1.29, 1.82) is 0 Å². The highest BCUT2D eigenvalue weighted by Crippen LogP contribution is 2.40. The van der Waals surface area contributed by atoms with Crippen molar-refractivity contribution in [2.75, 3.05) is 0 Å². The Hall–Kier alpha value is -2.56. The molecular formula is C17H14O5. The molecule has 112 valence electrons. The third-order valence-corrected chi connectivity index (χ3v) is 4.32. The predicted molar refractivity (Wildman–Crippen MR) is 78.3 cm³/mol. The fourth-order valence-corrected chi connectivity index (χ4v) is 3.19. The van der Waals surface area contributed by atoms with Gasteiger partial charge in [-0.25, -0.2) is 4.79 Å². The number of aryl methyl sites for hydroxylation is 2. The molecule has 0 unspecified atom stereocenters. The lowest BCUT2D eigenvalue weighted by atomic mass is 9.88. The molecule has 1 aliphatic heterocycles. The molecule has 2 heterocycles. The largest absolute Gasteiger partial charge is 0.488 e. The van der Waals surface area contributed by atoms with Crippen LogP contribution in [0.5, 0.6) is 5.75 Å². The number of fused-ring (bicyclic) bond motifs is 4. The van der Waals surface area contributed by atoms with Crippen LogP contribution in [0.3, 0.4) is 0 Å². The number of hydrogen-bond donors (Lipinski definition) is 1. The predicted octanol–water partition coefficient (Wildman–Crippen LogP) is 2.78. The molecule has 0 saturated carbocycles. The van der Waals surface area contributed by atoms with Gasteiger partial charge < -0.3 is 14.3 Å². The average molecular weight is 298 g/mol. The summed E-state index contributed by atoms with van der Waals surface area (Å²) in [6.07, 6.45) is 4.32. The van der Waals surface area contributed by atoms with Crippen LogP contribution in [0.1, 0.15) is 40.1 Å². The standard InChI is InChI=1S/C17H14O5/c18-13-7-15(17(19)20)22-16-11-5-9-3-1-2-4-10(9)6-14(11)21-8-12(13)16/h5-7H,1-4,8H2,(H,19,20). The van der Waals surface area contributed by atoms with Crippen LogP contribution in [0.15, 0.2) is 27.4 Å². The van der Waals surface area contributed by atoms with E-state index in [0.717, 1.165) is 25.3 Å². The van der Waals surface area contributed by atoms with Gasteiger partial charge in [-0.3, -0.25) is 4.79 Å². The number of carboxylic acids is 1. The SMILES string of the molecule is O=C(O)c1cc(=O)c2c(o1)-c1cc3c(cc1OC2)CCCC3. The summed E-state index contributed by atoms with van der Waals surface area (Å²) in [7, 11) is 0. The summed E-state index contributed by atoms with van der Waals surface area (Å²) in [5, 5.41) is 9.09. The van der Waals surface area contributed by atoms with Gasteiger partial charge in [0.2, 0.25) is 5.76 Å². The number of carboxylic acid groups (broad SMARTS) is 1. The van der Waals surface area contributed by atoms with Crippen molar-refractivity contribution in [3.8, 4) is 17.1 Å². The van der Waals surface area contributed by atoms with Gasteiger partial charge in [-0.1, -0.05) is 0 Å². The molecule has 0 spiro atoms. The van der Waals surface area contributed by atoms with Crippen LogP contribution in [0.2, 0.25) is 0 Å². The highest BCUT2D eigenvalue weighted by atomic mass is 16.5. The third kappa shape index (κ3) is 1.93. The molecule has 0 saturated heterocycles. The first-order valence-corrected chi connectivity index (χ1v) is 7.33. The third-order valence-electron chi connectivity index (χ3n) is 4.32. The minimum Gasteiger partial charge on any atom is -0.488 e. The Kier molecular flexibility index (Phi) is 2.82. The van der Waals surface area contributed by atoms with Crippen LogP contribution in [0.25, 0.3) is 11.3 Å². The summed E-state index contributed by atoms with van der Waals surface area (Å²) >= 11 is 0. The molecule has 1 N–H and O–H groups in total. The van der Waals surface area contributed by atoms with E-state index in [0.29, 0.717) is 22.6 Å². The van der Waals surface area contributed by atoms with Crippen LogP contribution < -0.4 is 10.2 Å². The second kappa shape index (κ2) is 4.73. The van der Waals surface area contributed by atoms with Crippen molar-refractivity contribution in [3.05, 3.63) is 50.9 Å².